The number of amides is 2. The molecule has 0 aliphatic carbocycles. The normalized spacial score (nSPS) is 13.1. The van der Waals surface area contributed by atoms with E-state index in [0.29, 0.717) is 22.6 Å². The van der Waals surface area contributed by atoms with Crippen molar-refractivity contribution in [3.05, 3.63) is 48.0 Å². The fourth-order valence-electron chi connectivity index (χ4n) is 2.41. The maximum absolute atomic E-state index is 12.5. The molecule has 1 aliphatic heterocycles. The monoisotopic (exact) mass is 345 g/mol. The number of nitrogens with one attached hydrogen (secondary N) is 3. The van der Waals surface area contributed by atoms with Crippen LogP contribution < -0.4 is 15.4 Å². The Morgan fingerprint density at radius 1 is 1.08 bits per heavy atom. The number of benzene rings is 2. The van der Waals surface area contributed by atoms with Gasteiger partial charge in [-0.3, -0.25) is 14.3 Å². The number of rotatable bonds is 4. The third-order valence-corrected chi connectivity index (χ3v) is 4.85. The first-order chi connectivity index (χ1) is 11.3. The first-order valence-electron chi connectivity index (χ1n) is 7.17. The van der Waals surface area contributed by atoms with Crippen LogP contribution in [0.15, 0.2) is 47.4 Å². The molecule has 124 valence electrons. The van der Waals surface area contributed by atoms with E-state index in [9.17, 15) is 18.0 Å². The van der Waals surface area contributed by atoms with Gasteiger partial charge in [0.2, 0.25) is 11.8 Å². The first-order valence-corrected chi connectivity index (χ1v) is 8.65. The van der Waals surface area contributed by atoms with Crippen molar-refractivity contribution in [3.8, 4) is 0 Å². The van der Waals surface area contributed by atoms with Crippen LogP contribution in [-0.2, 0) is 26.0 Å². The number of anilines is 3. The zero-order chi connectivity index (χ0) is 17.3. The minimum atomic E-state index is -3.76. The Morgan fingerprint density at radius 2 is 1.75 bits per heavy atom. The standard InChI is InChI=1S/C16H15N3O4S/c1-10(20)17-12-2-4-13(5-3-12)19-24(22,23)14-6-7-15-11(8-14)9-16(21)18-15/h2-8,19H,9H2,1H3,(H,17,20)(H,18,21). The van der Waals surface area contributed by atoms with Crippen LogP contribution in [-0.4, -0.2) is 20.2 Å². The van der Waals surface area contributed by atoms with E-state index in [1.165, 1.54) is 19.1 Å². The summed E-state index contributed by atoms with van der Waals surface area (Å²) in [5, 5.41) is 5.26. The van der Waals surface area contributed by atoms with Gasteiger partial charge in [0.25, 0.3) is 10.0 Å². The van der Waals surface area contributed by atoms with Crippen molar-refractivity contribution in [3.63, 3.8) is 0 Å². The molecule has 0 atom stereocenters. The van der Waals surface area contributed by atoms with E-state index in [1.54, 1.807) is 30.3 Å². The molecule has 0 fully saturated rings. The van der Waals surface area contributed by atoms with Crippen LogP contribution in [0.2, 0.25) is 0 Å². The van der Waals surface area contributed by atoms with Gasteiger partial charge in [0.05, 0.1) is 11.3 Å². The molecule has 3 rings (SSSR count). The summed E-state index contributed by atoms with van der Waals surface area (Å²) in [5.41, 5.74) is 2.24. The average Bonchev–Trinajstić information content (AvgIpc) is 2.87. The second kappa shape index (κ2) is 5.97. The van der Waals surface area contributed by atoms with Gasteiger partial charge in [-0.15, -0.1) is 0 Å². The third-order valence-electron chi connectivity index (χ3n) is 3.47. The Bertz CT molecular complexity index is 921. The van der Waals surface area contributed by atoms with E-state index in [2.05, 4.69) is 15.4 Å². The molecule has 1 aliphatic rings. The van der Waals surface area contributed by atoms with E-state index < -0.39 is 10.0 Å². The third kappa shape index (κ3) is 3.38. The highest BCUT2D eigenvalue weighted by atomic mass is 32.2. The number of carbonyl (C=O) groups is 2. The highest BCUT2D eigenvalue weighted by Crippen LogP contribution is 2.27. The average molecular weight is 345 g/mol. The van der Waals surface area contributed by atoms with Crippen molar-refractivity contribution >= 4 is 38.9 Å². The molecule has 0 aromatic heterocycles. The Hall–Kier alpha value is -2.87. The summed E-state index contributed by atoms with van der Waals surface area (Å²) in [6.07, 6.45) is 0.171. The number of fused-ring (bicyclic) bond motifs is 1. The van der Waals surface area contributed by atoms with Crippen LogP contribution in [0.4, 0.5) is 17.1 Å². The van der Waals surface area contributed by atoms with E-state index in [-0.39, 0.29) is 23.1 Å². The van der Waals surface area contributed by atoms with Crippen molar-refractivity contribution in [2.24, 2.45) is 0 Å². The van der Waals surface area contributed by atoms with Gasteiger partial charge in [-0.2, -0.15) is 0 Å². The highest BCUT2D eigenvalue weighted by Gasteiger charge is 2.21. The van der Waals surface area contributed by atoms with Crippen LogP contribution >= 0.6 is 0 Å². The molecular formula is C16H15N3O4S. The lowest BCUT2D eigenvalue weighted by molar-refractivity contribution is -0.115. The van der Waals surface area contributed by atoms with Crippen LogP contribution in [0, 0.1) is 0 Å². The fourth-order valence-corrected chi connectivity index (χ4v) is 3.52. The van der Waals surface area contributed by atoms with Crippen LogP contribution in [0.3, 0.4) is 0 Å². The van der Waals surface area contributed by atoms with Gasteiger partial charge in [-0.1, -0.05) is 0 Å². The molecule has 24 heavy (non-hydrogen) atoms. The summed E-state index contributed by atoms with van der Waals surface area (Å²) in [5.74, 6) is -0.356. The van der Waals surface area contributed by atoms with E-state index >= 15 is 0 Å². The molecule has 1 heterocycles. The topological polar surface area (TPSA) is 104 Å². The molecule has 2 aromatic rings. The molecule has 0 saturated carbocycles. The van der Waals surface area contributed by atoms with Crippen molar-refractivity contribution in [1.82, 2.24) is 0 Å². The Kier molecular flexibility index (Phi) is 3.98. The predicted octanol–water partition coefficient (Wildman–Crippen LogP) is 1.94. The summed E-state index contributed by atoms with van der Waals surface area (Å²) in [7, 11) is -3.76. The number of hydrogen-bond donors (Lipinski definition) is 3. The van der Waals surface area contributed by atoms with E-state index in [4.69, 9.17) is 0 Å². The summed E-state index contributed by atoms with van der Waals surface area (Å²) in [6, 6.07) is 10.8. The fraction of sp³-hybridized carbons (Fsp3) is 0.125. The number of hydrogen-bond acceptors (Lipinski definition) is 4. The van der Waals surface area contributed by atoms with E-state index in [0.717, 1.165) is 0 Å². The summed E-state index contributed by atoms with van der Waals surface area (Å²) >= 11 is 0. The van der Waals surface area contributed by atoms with Crippen LogP contribution in [0.5, 0.6) is 0 Å². The van der Waals surface area contributed by atoms with Gasteiger partial charge < -0.3 is 10.6 Å². The second-order valence-electron chi connectivity index (χ2n) is 5.41. The largest absolute Gasteiger partial charge is 0.326 e. The molecule has 8 heteroatoms. The van der Waals surface area contributed by atoms with Gasteiger partial charge in [0.1, 0.15) is 0 Å². The molecule has 0 radical (unpaired) electrons. The van der Waals surface area contributed by atoms with Crippen molar-refractivity contribution in [2.45, 2.75) is 18.2 Å². The quantitative estimate of drug-likeness (QED) is 0.787. The van der Waals surface area contributed by atoms with Crippen molar-refractivity contribution < 1.29 is 18.0 Å². The lowest BCUT2D eigenvalue weighted by atomic mass is 10.2. The lowest BCUT2D eigenvalue weighted by Gasteiger charge is -2.10. The number of carbonyl (C=O) groups excluding carboxylic acids is 2. The van der Waals surface area contributed by atoms with Gasteiger partial charge in [0, 0.05) is 24.0 Å². The van der Waals surface area contributed by atoms with Gasteiger partial charge >= 0.3 is 0 Å². The molecule has 0 spiro atoms. The Morgan fingerprint density at radius 3 is 2.42 bits per heavy atom. The maximum Gasteiger partial charge on any atom is 0.261 e. The maximum atomic E-state index is 12.5. The van der Waals surface area contributed by atoms with Crippen molar-refractivity contribution in [2.75, 3.05) is 15.4 Å². The lowest BCUT2D eigenvalue weighted by Crippen LogP contribution is -2.13. The van der Waals surface area contributed by atoms with Gasteiger partial charge in [-0.25, -0.2) is 8.42 Å². The molecule has 3 N–H and O–H groups in total. The molecule has 2 amide bonds. The van der Waals surface area contributed by atoms with Crippen LogP contribution in [0.25, 0.3) is 0 Å². The molecule has 0 saturated heterocycles. The van der Waals surface area contributed by atoms with Gasteiger partial charge in [0.15, 0.2) is 0 Å². The first kappa shape index (κ1) is 16.0. The number of sulfonamides is 1. The van der Waals surface area contributed by atoms with Crippen LogP contribution in [0.1, 0.15) is 12.5 Å². The smallest absolute Gasteiger partial charge is 0.261 e. The summed E-state index contributed by atoms with van der Waals surface area (Å²) in [6.45, 7) is 1.39. The summed E-state index contributed by atoms with van der Waals surface area (Å²) < 4.78 is 27.4. The molecular weight excluding hydrogens is 330 g/mol. The molecule has 0 unspecified atom stereocenters. The predicted molar refractivity (Wildman–Crippen MR) is 90.3 cm³/mol. The van der Waals surface area contributed by atoms with Crippen molar-refractivity contribution in [1.29, 1.82) is 0 Å². The molecule has 0 bridgehead atoms. The minimum Gasteiger partial charge on any atom is -0.326 e. The van der Waals surface area contributed by atoms with E-state index in [1.807, 2.05) is 0 Å². The highest BCUT2D eigenvalue weighted by molar-refractivity contribution is 7.92. The zero-order valence-electron chi connectivity index (χ0n) is 12.8. The minimum absolute atomic E-state index is 0.0867. The molecule has 2 aromatic carbocycles. The van der Waals surface area contributed by atoms with Gasteiger partial charge in [-0.05, 0) is 48.0 Å². The zero-order valence-corrected chi connectivity index (χ0v) is 13.6. The SMILES string of the molecule is CC(=O)Nc1ccc(NS(=O)(=O)c2ccc3c(c2)CC(=O)N3)cc1. The Labute approximate surface area is 139 Å². The summed E-state index contributed by atoms with van der Waals surface area (Å²) in [4.78, 5) is 22.4. The Balaban J connectivity index is 1.80. The second-order valence-corrected chi connectivity index (χ2v) is 7.09. The molecule has 7 nitrogen and oxygen atoms in total.